The lowest BCUT2D eigenvalue weighted by atomic mass is 9.78. The predicted octanol–water partition coefficient (Wildman–Crippen LogP) is 2.55. The Bertz CT molecular complexity index is 468. The standard InChI is InChI=1S/C15H24N4O/c1-2-6-13-16-14(18-17-13)15(20)19-10-5-8-11-7-3-4-9-12(11)19/h11-12H,2-10H2,1H3,(H,16,17,18). The second-order valence-electron chi connectivity index (χ2n) is 6.11. The molecule has 2 unspecified atom stereocenters. The van der Waals surface area contributed by atoms with E-state index in [4.69, 9.17) is 0 Å². The van der Waals surface area contributed by atoms with Crippen LogP contribution in [0.1, 0.15) is 68.3 Å². The number of carbonyl (C=O) groups is 1. The summed E-state index contributed by atoms with van der Waals surface area (Å²) in [6, 6.07) is 0.429. The molecule has 2 heterocycles. The molecule has 20 heavy (non-hydrogen) atoms. The van der Waals surface area contributed by atoms with Crippen molar-refractivity contribution in [2.75, 3.05) is 6.54 Å². The Labute approximate surface area is 120 Å². The second kappa shape index (κ2) is 5.94. The molecule has 1 N–H and O–H groups in total. The number of nitrogens with one attached hydrogen (secondary N) is 1. The summed E-state index contributed by atoms with van der Waals surface area (Å²) in [6.45, 7) is 2.97. The summed E-state index contributed by atoms with van der Waals surface area (Å²) in [5, 5.41) is 7.01. The third-order valence-corrected chi connectivity index (χ3v) is 4.71. The van der Waals surface area contributed by atoms with Gasteiger partial charge in [0.1, 0.15) is 5.82 Å². The van der Waals surface area contributed by atoms with Gasteiger partial charge in [0, 0.05) is 19.0 Å². The van der Waals surface area contributed by atoms with Crippen molar-refractivity contribution in [3.63, 3.8) is 0 Å². The minimum atomic E-state index is 0.0280. The van der Waals surface area contributed by atoms with E-state index in [9.17, 15) is 4.79 Å². The second-order valence-corrected chi connectivity index (χ2v) is 6.11. The van der Waals surface area contributed by atoms with Crippen molar-refractivity contribution >= 4 is 5.91 Å². The lowest BCUT2D eigenvalue weighted by Gasteiger charge is -2.43. The number of aromatic amines is 1. The van der Waals surface area contributed by atoms with Crippen LogP contribution in [-0.4, -0.2) is 38.6 Å². The Kier molecular flexibility index (Phi) is 4.03. The SMILES string of the molecule is CCCc1nc(C(=O)N2CCCC3CCCCC32)n[nH]1. The molecular formula is C15H24N4O. The Morgan fingerprint density at radius 1 is 1.30 bits per heavy atom. The molecule has 0 spiro atoms. The number of hydrogen-bond donors (Lipinski definition) is 1. The van der Waals surface area contributed by atoms with Crippen LogP contribution < -0.4 is 0 Å². The minimum Gasteiger partial charge on any atom is -0.333 e. The molecule has 1 aliphatic heterocycles. The van der Waals surface area contributed by atoms with E-state index in [1.165, 1.54) is 25.7 Å². The van der Waals surface area contributed by atoms with Gasteiger partial charge in [-0.1, -0.05) is 19.8 Å². The third kappa shape index (κ3) is 2.58. The van der Waals surface area contributed by atoms with Gasteiger partial charge in [-0.05, 0) is 38.0 Å². The minimum absolute atomic E-state index is 0.0280. The van der Waals surface area contributed by atoms with Crippen molar-refractivity contribution in [3.8, 4) is 0 Å². The molecule has 1 aromatic rings. The lowest BCUT2D eigenvalue weighted by molar-refractivity contribution is 0.0380. The van der Waals surface area contributed by atoms with E-state index in [2.05, 4.69) is 22.1 Å². The van der Waals surface area contributed by atoms with Gasteiger partial charge in [-0.15, -0.1) is 5.10 Å². The van der Waals surface area contributed by atoms with Crippen molar-refractivity contribution in [1.29, 1.82) is 0 Å². The van der Waals surface area contributed by atoms with Crippen molar-refractivity contribution in [2.24, 2.45) is 5.92 Å². The normalized spacial score (nSPS) is 26.4. The molecule has 110 valence electrons. The van der Waals surface area contributed by atoms with E-state index in [-0.39, 0.29) is 5.91 Å². The molecule has 1 aromatic heterocycles. The summed E-state index contributed by atoms with van der Waals surface area (Å²) in [5.41, 5.74) is 0. The maximum absolute atomic E-state index is 12.7. The van der Waals surface area contributed by atoms with E-state index in [1.807, 2.05) is 4.90 Å². The fraction of sp³-hybridized carbons (Fsp3) is 0.800. The van der Waals surface area contributed by atoms with Crippen molar-refractivity contribution < 1.29 is 4.79 Å². The van der Waals surface area contributed by atoms with Crippen LogP contribution in [0.15, 0.2) is 0 Å². The van der Waals surface area contributed by atoms with Gasteiger partial charge in [-0.3, -0.25) is 9.89 Å². The Morgan fingerprint density at radius 2 is 2.10 bits per heavy atom. The Hall–Kier alpha value is -1.39. The average Bonchev–Trinajstić information content (AvgIpc) is 2.95. The molecule has 5 nitrogen and oxygen atoms in total. The Balaban J connectivity index is 1.74. The molecule has 5 heteroatoms. The molecule has 1 saturated carbocycles. The van der Waals surface area contributed by atoms with Crippen LogP contribution in [0.5, 0.6) is 0 Å². The quantitative estimate of drug-likeness (QED) is 0.923. The lowest BCUT2D eigenvalue weighted by Crippen LogP contribution is -2.49. The number of nitrogens with zero attached hydrogens (tertiary/aromatic N) is 3. The molecule has 1 saturated heterocycles. The molecule has 0 radical (unpaired) electrons. The van der Waals surface area contributed by atoms with E-state index in [1.54, 1.807) is 0 Å². The molecule has 2 fully saturated rings. The zero-order valence-electron chi connectivity index (χ0n) is 12.3. The van der Waals surface area contributed by atoms with Gasteiger partial charge in [0.15, 0.2) is 0 Å². The summed E-state index contributed by atoms with van der Waals surface area (Å²) in [7, 11) is 0. The maximum atomic E-state index is 12.7. The smallest absolute Gasteiger partial charge is 0.293 e. The highest BCUT2D eigenvalue weighted by Crippen LogP contribution is 2.35. The first-order valence-corrected chi connectivity index (χ1v) is 8.02. The predicted molar refractivity (Wildman–Crippen MR) is 76.4 cm³/mol. The van der Waals surface area contributed by atoms with Gasteiger partial charge >= 0.3 is 0 Å². The van der Waals surface area contributed by atoms with Gasteiger partial charge in [0.2, 0.25) is 5.82 Å². The van der Waals surface area contributed by atoms with Crippen LogP contribution in [0.2, 0.25) is 0 Å². The molecule has 1 aliphatic carbocycles. The average molecular weight is 276 g/mol. The molecule has 2 aliphatic rings. The highest BCUT2D eigenvalue weighted by atomic mass is 16.2. The molecule has 0 aromatic carbocycles. The summed E-state index contributed by atoms with van der Waals surface area (Å²) in [4.78, 5) is 19.1. The molecular weight excluding hydrogens is 252 g/mol. The first-order valence-electron chi connectivity index (χ1n) is 8.02. The Morgan fingerprint density at radius 3 is 2.95 bits per heavy atom. The fourth-order valence-corrected chi connectivity index (χ4v) is 3.74. The maximum Gasteiger partial charge on any atom is 0.293 e. The van der Waals surface area contributed by atoms with Crippen molar-refractivity contribution in [2.45, 2.75) is 64.3 Å². The summed E-state index contributed by atoms with van der Waals surface area (Å²) in [5.74, 6) is 1.92. The zero-order valence-corrected chi connectivity index (χ0v) is 12.3. The zero-order chi connectivity index (χ0) is 13.9. The van der Waals surface area contributed by atoms with Crippen LogP contribution in [0.25, 0.3) is 0 Å². The number of aryl methyl sites for hydroxylation is 1. The molecule has 3 rings (SSSR count). The van der Waals surface area contributed by atoms with Gasteiger partial charge in [-0.25, -0.2) is 4.98 Å². The topological polar surface area (TPSA) is 61.9 Å². The van der Waals surface area contributed by atoms with Crippen molar-refractivity contribution in [1.82, 2.24) is 20.1 Å². The first kappa shape index (κ1) is 13.6. The summed E-state index contributed by atoms with van der Waals surface area (Å²) < 4.78 is 0. The number of carbonyl (C=O) groups excluding carboxylic acids is 1. The third-order valence-electron chi connectivity index (χ3n) is 4.71. The summed E-state index contributed by atoms with van der Waals surface area (Å²) >= 11 is 0. The number of hydrogen-bond acceptors (Lipinski definition) is 3. The monoisotopic (exact) mass is 276 g/mol. The number of fused-ring (bicyclic) bond motifs is 1. The van der Waals surface area contributed by atoms with Gasteiger partial charge in [-0.2, -0.15) is 0 Å². The molecule has 1 amide bonds. The number of H-pyrrole nitrogens is 1. The van der Waals surface area contributed by atoms with Gasteiger partial charge in [0.05, 0.1) is 0 Å². The van der Waals surface area contributed by atoms with Gasteiger partial charge < -0.3 is 4.90 Å². The van der Waals surface area contributed by atoms with E-state index in [0.29, 0.717) is 17.8 Å². The van der Waals surface area contributed by atoms with Crippen LogP contribution in [0.4, 0.5) is 0 Å². The van der Waals surface area contributed by atoms with Gasteiger partial charge in [0.25, 0.3) is 5.91 Å². The van der Waals surface area contributed by atoms with E-state index < -0.39 is 0 Å². The van der Waals surface area contributed by atoms with Crippen LogP contribution in [-0.2, 0) is 6.42 Å². The summed E-state index contributed by atoms with van der Waals surface area (Å²) in [6.07, 6.45) is 9.28. The molecule has 0 bridgehead atoms. The first-order chi connectivity index (χ1) is 9.79. The highest BCUT2D eigenvalue weighted by Gasteiger charge is 2.37. The van der Waals surface area contributed by atoms with Crippen LogP contribution in [0, 0.1) is 5.92 Å². The van der Waals surface area contributed by atoms with Crippen LogP contribution in [0.3, 0.4) is 0 Å². The number of piperidine rings is 1. The van der Waals surface area contributed by atoms with Crippen molar-refractivity contribution in [3.05, 3.63) is 11.6 Å². The van der Waals surface area contributed by atoms with E-state index >= 15 is 0 Å². The number of likely N-dealkylation sites (tertiary alicyclic amines) is 1. The fourth-order valence-electron chi connectivity index (χ4n) is 3.74. The number of rotatable bonds is 3. The van der Waals surface area contributed by atoms with E-state index in [0.717, 1.165) is 38.1 Å². The largest absolute Gasteiger partial charge is 0.333 e. The van der Waals surface area contributed by atoms with Crippen LogP contribution >= 0.6 is 0 Å². The number of amides is 1. The number of aromatic nitrogens is 3. The molecule has 2 atom stereocenters. The highest BCUT2D eigenvalue weighted by molar-refractivity contribution is 5.90.